The van der Waals surface area contributed by atoms with Crippen molar-refractivity contribution in [2.75, 3.05) is 18.5 Å². The Balaban J connectivity index is 2.17. The minimum atomic E-state index is 0.732. The number of anilines is 1. The van der Waals surface area contributed by atoms with Crippen molar-refractivity contribution in [1.82, 2.24) is 9.97 Å². The van der Waals surface area contributed by atoms with Crippen LogP contribution in [-0.4, -0.2) is 23.1 Å². The molecule has 0 aliphatic rings. The van der Waals surface area contributed by atoms with Gasteiger partial charge in [0, 0.05) is 18.3 Å². The Kier molecular flexibility index (Phi) is 6.22. The normalized spacial score (nSPS) is 10.4. The van der Waals surface area contributed by atoms with Gasteiger partial charge in [0.05, 0.1) is 10.2 Å². The second-order valence-corrected chi connectivity index (χ2v) is 5.85. The Morgan fingerprint density at radius 1 is 1.14 bits per heavy atom. The zero-order valence-electron chi connectivity index (χ0n) is 12.4. The van der Waals surface area contributed by atoms with Gasteiger partial charge in [-0.3, -0.25) is 0 Å². The summed E-state index contributed by atoms with van der Waals surface area (Å²) >= 11 is 2.25. The van der Waals surface area contributed by atoms with Gasteiger partial charge in [-0.25, -0.2) is 9.97 Å². The lowest BCUT2D eigenvalue weighted by Gasteiger charge is -2.09. The third kappa shape index (κ3) is 4.56. The van der Waals surface area contributed by atoms with Crippen LogP contribution >= 0.6 is 22.6 Å². The van der Waals surface area contributed by atoms with Crippen LogP contribution in [0.1, 0.15) is 26.7 Å². The summed E-state index contributed by atoms with van der Waals surface area (Å²) in [5.74, 6) is 2.51. The van der Waals surface area contributed by atoms with Crippen LogP contribution in [0.5, 0.6) is 5.75 Å². The molecule has 0 atom stereocenters. The van der Waals surface area contributed by atoms with E-state index in [1.165, 1.54) is 0 Å². The van der Waals surface area contributed by atoms with Crippen LogP contribution in [0.25, 0.3) is 11.4 Å². The van der Waals surface area contributed by atoms with Gasteiger partial charge in [0.15, 0.2) is 5.82 Å². The highest BCUT2D eigenvalue weighted by Crippen LogP contribution is 2.22. The molecule has 0 unspecified atom stereocenters. The van der Waals surface area contributed by atoms with Crippen LogP contribution in [0.15, 0.2) is 30.5 Å². The molecule has 5 heteroatoms. The molecule has 2 aromatic rings. The molecule has 0 radical (unpaired) electrons. The lowest BCUT2D eigenvalue weighted by Crippen LogP contribution is -2.05. The highest BCUT2D eigenvalue weighted by Gasteiger charge is 2.07. The standard InChI is InChI=1S/C16H20IN3O/c1-3-9-18-16-14(17)11-19-15(20-16)12-5-7-13(8-6-12)21-10-4-2/h5-8,11H,3-4,9-10H2,1-2H3,(H,18,19,20). The van der Waals surface area contributed by atoms with Crippen LogP contribution in [0, 0.1) is 3.57 Å². The average molecular weight is 397 g/mol. The van der Waals surface area contributed by atoms with Gasteiger partial charge in [0.2, 0.25) is 0 Å². The molecule has 0 saturated carbocycles. The molecule has 1 aromatic heterocycles. The molecule has 0 saturated heterocycles. The van der Waals surface area contributed by atoms with E-state index in [0.717, 1.165) is 52.5 Å². The summed E-state index contributed by atoms with van der Waals surface area (Å²) in [4.78, 5) is 9.01. The molecule has 112 valence electrons. The smallest absolute Gasteiger partial charge is 0.161 e. The van der Waals surface area contributed by atoms with Crippen molar-refractivity contribution in [2.24, 2.45) is 0 Å². The molecule has 21 heavy (non-hydrogen) atoms. The van der Waals surface area contributed by atoms with Gasteiger partial charge in [0.25, 0.3) is 0 Å². The first-order chi connectivity index (χ1) is 10.2. The van der Waals surface area contributed by atoms with Gasteiger partial charge >= 0.3 is 0 Å². The molecule has 0 spiro atoms. The fraction of sp³-hybridized carbons (Fsp3) is 0.375. The van der Waals surface area contributed by atoms with Gasteiger partial charge in [-0.15, -0.1) is 0 Å². The number of halogens is 1. The monoisotopic (exact) mass is 397 g/mol. The lowest BCUT2D eigenvalue weighted by molar-refractivity contribution is 0.317. The number of benzene rings is 1. The van der Waals surface area contributed by atoms with Crippen molar-refractivity contribution in [2.45, 2.75) is 26.7 Å². The molecule has 0 aliphatic heterocycles. The van der Waals surface area contributed by atoms with Crippen LogP contribution in [0.4, 0.5) is 5.82 Å². The average Bonchev–Trinajstić information content (AvgIpc) is 2.53. The molecule has 1 N–H and O–H groups in total. The van der Waals surface area contributed by atoms with E-state index in [1.807, 2.05) is 30.5 Å². The number of nitrogens with zero attached hydrogens (tertiary/aromatic N) is 2. The van der Waals surface area contributed by atoms with Crippen LogP contribution in [0.2, 0.25) is 0 Å². The van der Waals surface area contributed by atoms with Crippen LogP contribution in [0.3, 0.4) is 0 Å². The van der Waals surface area contributed by atoms with Crippen LogP contribution in [-0.2, 0) is 0 Å². The van der Waals surface area contributed by atoms with E-state index in [9.17, 15) is 0 Å². The van der Waals surface area contributed by atoms with E-state index >= 15 is 0 Å². The molecule has 0 fully saturated rings. The summed E-state index contributed by atoms with van der Waals surface area (Å²) in [6.45, 7) is 5.89. The molecular weight excluding hydrogens is 377 g/mol. The summed E-state index contributed by atoms with van der Waals surface area (Å²) in [5, 5.41) is 3.33. The highest BCUT2D eigenvalue weighted by atomic mass is 127. The predicted octanol–water partition coefficient (Wildman–Crippen LogP) is 4.36. The minimum absolute atomic E-state index is 0.732. The first-order valence-corrected chi connectivity index (χ1v) is 8.32. The van der Waals surface area contributed by atoms with E-state index in [4.69, 9.17) is 4.74 Å². The molecule has 0 bridgehead atoms. The van der Waals surface area contributed by atoms with Crippen molar-refractivity contribution >= 4 is 28.4 Å². The van der Waals surface area contributed by atoms with Gasteiger partial charge < -0.3 is 10.1 Å². The third-order valence-electron chi connectivity index (χ3n) is 2.87. The van der Waals surface area contributed by atoms with E-state index in [1.54, 1.807) is 0 Å². The maximum Gasteiger partial charge on any atom is 0.161 e. The van der Waals surface area contributed by atoms with E-state index in [0.29, 0.717) is 0 Å². The van der Waals surface area contributed by atoms with Crippen LogP contribution < -0.4 is 10.1 Å². The summed E-state index contributed by atoms with van der Waals surface area (Å²) in [5.41, 5.74) is 0.995. The maximum absolute atomic E-state index is 5.59. The third-order valence-corrected chi connectivity index (χ3v) is 3.66. The van der Waals surface area contributed by atoms with Crippen molar-refractivity contribution in [3.05, 3.63) is 34.0 Å². The minimum Gasteiger partial charge on any atom is -0.494 e. The van der Waals surface area contributed by atoms with E-state index in [-0.39, 0.29) is 0 Å². The number of ether oxygens (including phenoxy) is 1. The van der Waals surface area contributed by atoms with Gasteiger partial charge in [-0.1, -0.05) is 13.8 Å². The quantitative estimate of drug-likeness (QED) is 0.706. The first-order valence-electron chi connectivity index (χ1n) is 7.24. The Hall–Kier alpha value is -1.37. The Labute approximate surface area is 139 Å². The molecule has 1 heterocycles. The number of hydrogen-bond acceptors (Lipinski definition) is 4. The van der Waals surface area contributed by atoms with Crippen molar-refractivity contribution < 1.29 is 4.74 Å². The topological polar surface area (TPSA) is 47.0 Å². The first kappa shape index (κ1) is 16.0. The summed E-state index contributed by atoms with van der Waals surface area (Å²) < 4.78 is 6.62. The highest BCUT2D eigenvalue weighted by molar-refractivity contribution is 14.1. The zero-order valence-corrected chi connectivity index (χ0v) is 14.6. The Bertz CT molecular complexity index is 572. The fourth-order valence-corrected chi connectivity index (χ4v) is 2.24. The second-order valence-electron chi connectivity index (χ2n) is 4.69. The van der Waals surface area contributed by atoms with Crippen molar-refractivity contribution in [3.63, 3.8) is 0 Å². The number of rotatable bonds is 7. The number of aromatic nitrogens is 2. The molecule has 4 nitrogen and oxygen atoms in total. The largest absolute Gasteiger partial charge is 0.494 e. The SMILES string of the molecule is CCCNc1nc(-c2ccc(OCCC)cc2)ncc1I. The van der Waals surface area contributed by atoms with Crippen molar-refractivity contribution in [1.29, 1.82) is 0 Å². The van der Waals surface area contributed by atoms with E-state index < -0.39 is 0 Å². The summed E-state index contributed by atoms with van der Waals surface area (Å²) in [7, 11) is 0. The summed E-state index contributed by atoms with van der Waals surface area (Å²) in [6, 6.07) is 7.92. The molecule has 1 aromatic carbocycles. The molecule has 0 amide bonds. The number of hydrogen-bond donors (Lipinski definition) is 1. The van der Waals surface area contributed by atoms with Gasteiger partial charge in [0.1, 0.15) is 11.6 Å². The Morgan fingerprint density at radius 2 is 1.90 bits per heavy atom. The number of nitrogens with one attached hydrogen (secondary N) is 1. The molecular formula is C16H20IN3O. The van der Waals surface area contributed by atoms with Crippen molar-refractivity contribution in [3.8, 4) is 17.1 Å². The zero-order chi connectivity index (χ0) is 15.1. The lowest BCUT2D eigenvalue weighted by atomic mass is 10.2. The predicted molar refractivity (Wildman–Crippen MR) is 94.8 cm³/mol. The second kappa shape index (κ2) is 8.17. The van der Waals surface area contributed by atoms with E-state index in [2.05, 4.69) is 51.7 Å². The molecule has 2 rings (SSSR count). The van der Waals surface area contributed by atoms with Gasteiger partial charge in [-0.2, -0.15) is 0 Å². The maximum atomic E-state index is 5.59. The summed E-state index contributed by atoms with van der Waals surface area (Å²) in [6.07, 6.45) is 3.93. The Morgan fingerprint density at radius 3 is 2.57 bits per heavy atom. The van der Waals surface area contributed by atoms with Gasteiger partial charge in [-0.05, 0) is 59.7 Å². The molecule has 0 aliphatic carbocycles. The fourth-order valence-electron chi connectivity index (χ4n) is 1.79.